The fourth-order valence-corrected chi connectivity index (χ4v) is 8.45. The minimum atomic E-state index is 0.0714. The summed E-state index contributed by atoms with van der Waals surface area (Å²) in [7, 11) is 0.143. The van der Waals surface area contributed by atoms with Crippen LogP contribution < -0.4 is 0 Å². The van der Waals surface area contributed by atoms with Crippen molar-refractivity contribution in [2.45, 2.75) is 105 Å². The van der Waals surface area contributed by atoms with E-state index in [0.717, 1.165) is 0 Å². The quantitative estimate of drug-likeness (QED) is 0.254. The molecule has 0 saturated carbocycles. The summed E-state index contributed by atoms with van der Waals surface area (Å²) in [6, 6.07) is 0. The van der Waals surface area contributed by atoms with E-state index in [2.05, 4.69) is 41.5 Å². The van der Waals surface area contributed by atoms with Crippen molar-refractivity contribution >= 4 is 15.8 Å². The lowest BCUT2D eigenvalue weighted by molar-refractivity contribution is 0.105. The Morgan fingerprint density at radius 3 is 1.04 bits per heavy atom. The lowest BCUT2D eigenvalue weighted by atomic mass is 10.4. The van der Waals surface area contributed by atoms with E-state index in [4.69, 9.17) is 4.74 Å². The lowest BCUT2D eigenvalue weighted by Gasteiger charge is -2.32. The van der Waals surface area contributed by atoms with Crippen LogP contribution in [0.25, 0.3) is 0 Å². The second kappa shape index (κ2) is 16.3. The van der Waals surface area contributed by atoms with Crippen molar-refractivity contribution in [3.05, 3.63) is 0 Å². The molecule has 0 aromatic rings. The molecule has 3 heteroatoms. The molecule has 0 rings (SSSR count). The summed E-state index contributed by atoms with van der Waals surface area (Å²) in [6.07, 6.45) is 16.5. The highest BCUT2D eigenvalue weighted by Gasteiger charge is 2.23. The van der Waals surface area contributed by atoms with Crippen LogP contribution >= 0.6 is 15.8 Å². The molecule has 140 valence electrons. The molecule has 0 fully saturated rings. The van der Waals surface area contributed by atoms with E-state index in [0.29, 0.717) is 11.7 Å². The van der Waals surface area contributed by atoms with E-state index in [1.165, 1.54) is 76.0 Å². The van der Waals surface area contributed by atoms with Crippen molar-refractivity contribution in [1.29, 1.82) is 0 Å². The molecule has 2 unspecified atom stereocenters. The highest BCUT2D eigenvalue weighted by atomic mass is 31.1. The Labute approximate surface area is 150 Å². The number of hydrogen-bond acceptors (Lipinski definition) is 1. The summed E-state index contributed by atoms with van der Waals surface area (Å²) >= 11 is 0. The van der Waals surface area contributed by atoms with Crippen molar-refractivity contribution in [2.75, 3.05) is 24.6 Å². The Hall–Kier alpha value is 0.820. The minimum Gasteiger partial charge on any atom is -0.367 e. The zero-order valence-corrected chi connectivity index (χ0v) is 18.7. The summed E-state index contributed by atoms with van der Waals surface area (Å²) < 4.78 is 6.62. The zero-order valence-electron chi connectivity index (χ0n) is 16.9. The second-order valence-electron chi connectivity index (χ2n) is 6.82. The van der Waals surface area contributed by atoms with Gasteiger partial charge in [0.05, 0.1) is 11.7 Å². The number of rotatable bonds is 16. The Morgan fingerprint density at radius 2 is 0.826 bits per heavy atom. The van der Waals surface area contributed by atoms with Gasteiger partial charge in [0, 0.05) is 0 Å². The molecule has 0 aliphatic carbocycles. The molecule has 0 aliphatic rings. The van der Waals surface area contributed by atoms with Gasteiger partial charge in [-0.15, -0.1) is 0 Å². The van der Waals surface area contributed by atoms with Gasteiger partial charge in [0.15, 0.2) is 0 Å². The maximum atomic E-state index is 6.62. The summed E-state index contributed by atoms with van der Waals surface area (Å²) in [5, 5.41) is 0. The molecule has 0 aromatic heterocycles. The highest BCUT2D eigenvalue weighted by Crippen LogP contribution is 2.49. The van der Waals surface area contributed by atoms with E-state index >= 15 is 0 Å². The molecule has 2 atom stereocenters. The van der Waals surface area contributed by atoms with Gasteiger partial charge in [-0.1, -0.05) is 69.2 Å². The van der Waals surface area contributed by atoms with Crippen LogP contribution in [0.1, 0.15) is 92.9 Å². The standard InChI is InChI=1S/C20H44OP2/c1-7-11-15-22(16-12-8-2)19(5)21-20(6)23(17-13-9-3)18-14-10-4/h19-20H,7-18H2,1-6H3. The predicted octanol–water partition coefficient (Wildman–Crippen LogP) is 7.86. The van der Waals surface area contributed by atoms with Gasteiger partial charge in [-0.05, 0) is 64.2 Å². The van der Waals surface area contributed by atoms with Crippen molar-refractivity contribution in [2.24, 2.45) is 0 Å². The van der Waals surface area contributed by atoms with Crippen LogP contribution in [0.5, 0.6) is 0 Å². The first-order valence-electron chi connectivity index (χ1n) is 10.2. The summed E-state index contributed by atoms with van der Waals surface area (Å²) in [5.74, 6) is 1.01. The fourth-order valence-electron chi connectivity index (χ4n) is 2.85. The molecular weight excluding hydrogens is 318 g/mol. The van der Waals surface area contributed by atoms with Crippen molar-refractivity contribution < 1.29 is 4.74 Å². The van der Waals surface area contributed by atoms with Gasteiger partial charge in [-0.25, -0.2) is 0 Å². The van der Waals surface area contributed by atoms with Crippen LogP contribution in [0.4, 0.5) is 0 Å². The Bertz CT molecular complexity index is 208. The Balaban J connectivity index is 4.51. The molecule has 0 spiro atoms. The molecule has 0 aromatic carbocycles. The van der Waals surface area contributed by atoms with Gasteiger partial charge in [0.25, 0.3) is 0 Å². The molecule has 23 heavy (non-hydrogen) atoms. The molecule has 0 radical (unpaired) electrons. The second-order valence-corrected chi connectivity index (χ2v) is 12.4. The molecule has 0 amide bonds. The zero-order chi connectivity index (χ0) is 17.5. The van der Waals surface area contributed by atoms with Crippen LogP contribution in [0.2, 0.25) is 0 Å². The van der Waals surface area contributed by atoms with Gasteiger partial charge in [0.1, 0.15) is 0 Å². The van der Waals surface area contributed by atoms with Crippen LogP contribution in [0.3, 0.4) is 0 Å². The normalized spacial score (nSPS) is 14.6. The van der Waals surface area contributed by atoms with Crippen molar-refractivity contribution in [3.8, 4) is 0 Å². The average molecular weight is 363 g/mol. The first-order valence-corrected chi connectivity index (χ1v) is 13.8. The first-order chi connectivity index (χ1) is 11.1. The molecule has 0 aliphatic heterocycles. The molecule has 0 saturated heterocycles. The summed E-state index contributed by atoms with van der Waals surface area (Å²) in [6.45, 7) is 14.0. The van der Waals surface area contributed by atoms with Crippen LogP contribution in [-0.4, -0.2) is 36.3 Å². The van der Waals surface area contributed by atoms with Gasteiger partial charge in [-0.3, -0.25) is 0 Å². The number of unbranched alkanes of at least 4 members (excludes halogenated alkanes) is 4. The first kappa shape index (κ1) is 23.8. The lowest BCUT2D eigenvalue weighted by Crippen LogP contribution is -2.18. The third-order valence-corrected chi connectivity index (χ3v) is 10.5. The van der Waals surface area contributed by atoms with Crippen LogP contribution in [0, 0.1) is 0 Å². The predicted molar refractivity (Wildman–Crippen MR) is 113 cm³/mol. The van der Waals surface area contributed by atoms with Crippen molar-refractivity contribution in [1.82, 2.24) is 0 Å². The maximum Gasteiger partial charge on any atom is 0.0745 e. The van der Waals surface area contributed by atoms with E-state index in [-0.39, 0.29) is 15.8 Å². The average Bonchev–Trinajstić information content (AvgIpc) is 2.54. The van der Waals surface area contributed by atoms with Crippen LogP contribution in [0.15, 0.2) is 0 Å². The Kier molecular flexibility index (Phi) is 16.9. The molecule has 0 N–H and O–H groups in total. The fraction of sp³-hybridized carbons (Fsp3) is 1.00. The van der Waals surface area contributed by atoms with E-state index < -0.39 is 0 Å². The van der Waals surface area contributed by atoms with Gasteiger partial charge >= 0.3 is 0 Å². The molecule has 0 heterocycles. The van der Waals surface area contributed by atoms with Crippen molar-refractivity contribution in [3.63, 3.8) is 0 Å². The smallest absolute Gasteiger partial charge is 0.0745 e. The highest BCUT2D eigenvalue weighted by molar-refractivity contribution is 7.59. The Morgan fingerprint density at radius 1 is 0.565 bits per heavy atom. The molecule has 0 bridgehead atoms. The SMILES string of the molecule is CCCCP(CCCC)C(C)OC(C)P(CCCC)CCCC. The molecular formula is C20H44OP2. The minimum absolute atomic E-state index is 0.0714. The topological polar surface area (TPSA) is 9.23 Å². The van der Waals surface area contributed by atoms with Gasteiger partial charge < -0.3 is 4.74 Å². The van der Waals surface area contributed by atoms with Gasteiger partial charge in [0.2, 0.25) is 0 Å². The summed E-state index contributed by atoms with van der Waals surface area (Å²) in [4.78, 5) is 0. The maximum absolute atomic E-state index is 6.62. The largest absolute Gasteiger partial charge is 0.367 e. The van der Waals surface area contributed by atoms with E-state index in [9.17, 15) is 0 Å². The van der Waals surface area contributed by atoms with Crippen LogP contribution in [-0.2, 0) is 4.74 Å². The summed E-state index contributed by atoms with van der Waals surface area (Å²) in [5.41, 5.74) is 0. The number of hydrogen-bond donors (Lipinski definition) is 0. The van der Waals surface area contributed by atoms with Gasteiger partial charge in [-0.2, -0.15) is 0 Å². The third-order valence-electron chi connectivity index (χ3n) is 4.62. The van der Waals surface area contributed by atoms with E-state index in [1.807, 2.05) is 0 Å². The van der Waals surface area contributed by atoms with E-state index in [1.54, 1.807) is 0 Å². The molecule has 1 nitrogen and oxygen atoms in total. The number of ether oxygens (including phenoxy) is 1. The third kappa shape index (κ3) is 11.9. The monoisotopic (exact) mass is 362 g/mol.